The molecule has 0 N–H and O–H groups in total. The number of nitrogens with zero attached hydrogens (tertiary/aromatic N) is 4. The van der Waals surface area contributed by atoms with Crippen molar-refractivity contribution < 1.29 is 13.9 Å². The van der Waals surface area contributed by atoms with Crippen molar-refractivity contribution >= 4 is 17.1 Å². The topological polar surface area (TPSA) is 88.1 Å². The lowest BCUT2D eigenvalue weighted by atomic mass is 10.1. The van der Waals surface area contributed by atoms with Gasteiger partial charge in [0.25, 0.3) is 5.56 Å². The highest BCUT2D eigenvalue weighted by Gasteiger charge is 2.20. The first-order chi connectivity index (χ1) is 17.5. The number of carbonyl (C=O) groups is 1. The van der Waals surface area contributed by atoms with E-state index in [0.29, 0.717) is 5.56 Å². The maximum atomic E-state index is 14.1. The SMILES string of the molecule is COC(=O)c1ccc(Cn2cnc3c2c(=O)n(Cc2ccccc2)c(=O)n3-c2cccc(F)c2)cc1. The molecule has 180 valence electrons. The Labute approximate surface area is 204 Å². The normalized spacial score (nSPS) is 11.1. The van der Waals surface area contributed by atoms with Crippen molar-refractivity contribution in [1.82, 2.24) is 18.7 Å². The Morgan fingerprint density at radius 2 is 1.64 bits per heavy atom. The average molecular weight is 484 g/mol. The number of esters is 1. The molecule has 0 radical (unpaired) electrons. The number of hydrogen-bond acceptors (Lipinski definition) is 5. The molecule has 5 aromatic rings. The van der Waals surface area contributed by atoms with E-state index in [0.717, 1.165) is 15.7 Å². The van der Waals surface area contributed by atoms with Gasteiger partial charge in [0.1, 0.15) is 5.82 Å². The highest BCUT2D eigenvalue weighted by atomic mass is 19.1. The minimum Gasteiger partial charge on any atom is -0.465 e. The molecule has 0 atom stereocenters. The highest BCUT2D eigenvalue weighted by molar-refractivity contribution is 5.89. The summed E-state index contributed by atoms with van der Waals surface area (Å²) in [6, 6.07) is 21.5. The Hall–Kier alpha value is -4.79. The lowest BCUT2D eigenvalue weighted by molar-refractivity contribution is 0.0600. The van der Waals surface area contributed by atoms with Crippen molar-refractivity contribution in [3.05, 3.63) is 129 Å². The van der Waals surface area contributed by atoms with Crippen LogP contribution in [0.2, 0.25) is 0 Å². The number of imidazole rings is 1. The van der Waals surface area contributed by atoms with Crippen LogP contribution in [0.1, 0.15) is 21.5 Å². The van der Waals surface area contributed by atoms with Crippen molar-refractivity contribution in [3.8, 4) is 5.69 Å². The van der Waals surface area contributed by atoms with Crippen LogP contribution >= 0.6 is 0 Å². The number of fused-ring (bicyclic) bond motifs is 1. The Bertz CT molecular complexity index is 1690. The van der Waals surface area contributed by atoms with Gasteiger partial charge in [0, 0.05) is 6.54 Å². The van der Waals surface area contributed by atoms with E-state index in [1.165, 1.54) is 36.2 Å². The van der Waals surface area contributed by atoms with E-state index in [2.05, 4.69) is 4.98 Å². The lowest BCUT2D eigenvalue weighted by Gasteiger charge is -2.13. The third-order valence-corrected chi connectivity index (χ3v) is 5.88. The van der Waals surface area contributed by atoms with Crippen molar-refractivity contribution in [2.24, 2.45) is 0 Å². The summed E-state index contributed by atoms with van der Waals surface area (Å²) < 4.78 is 22.8. The van der Waals surface area contributed by atoms with Crippen LogP contribution in [0.15, 0.2) is 94.8 Å². The summed E-state index contributed by atoms with van der Waals surface area (Å²) in [7, 11) is 1.31. The summed E-state index contributed by atoms with van der Waals surface area (Å²) in [5, 5.41) is 0. The number of aromatic nitrogens is 4. The van der Waals surface area contributed by atoms with E-state index < -0.39 is 23.0 Å². The van der Waals surface area contributed by atoms with E-state index in [1.54, 1.807) is 34.9 Å². The van der Waals surface area contributed by atoms with Crippen LogP contribution in [-0.2, 0) is 17.8 Å². The quantitative estimate of drug-likeness (QED) is 0.345. The monoisotopic (exact) mass is 484 g/mol. The largest absolute Gasteiger partial charge is 0.465 e. The second-order valence-corrected chi connectivity index (χ2v) is 8.21. The van der Waals surface area contributed by atoms with Crippen LogP contribution < -0.4 is 11.2 Å². The summed E-state index contributed by atoms with van der Waals surface area (Å²) >= 11 is 0. The first-order valence-corrected chi connectivity index (χ1v) is 11.1. The van der Waals surface area contributed by atoms with E-state index in [1.807, 2.05) is 30.3 Å². The van der Waals surface area contributed by atoms with Gasteiger partial charge in [-0.2, -0.15) is 0 Å². The first kappa shape index (κ1) is 23.0. The molecule has 0 amide bonds. The molecule has 8 nitrogen and oxygen atoms in total. The lowest BCUT2D eigenvalue weighted by Crippen LogP contribution is -2.40. The molecule has 2 aromatic heterocycles. The van der Waals surface area contributed by atoms with Gasteiger partial charge in [-0.3, -0.25) is 9.36 Å². The smallest absolute Gasteiger partial charge is 0.337 e. The standard InChI is InChI=1S/C27H21FN4O4/c1-36-26(34)20-12-10-19(11-13-20)15-30-17-29-24-23(30)25(33)31(16-18-6-3-2-4-7-18)27(35)32(24)22-9-5-8-21(28)14-22/h2-14,17H,15-16H2,1H3. The fraction of sp³-hybridized carbons (Fsp3) is 0.111. The van der Waals surface area contributed by atoms with Gasteiger partial charge in [-0.25, -0.2) is 23.5 Å². The molecule has 0 spiro atoms. The van der Waals surface area contributed by atoms with E-state index in [4.69, 9.17) is 4.74 Å². The Morgan fingerprint density at radius 1 is 0.917 bits per heavy atom. The molecule has 3 aromatic carbocycles. The fourth-order valence-corrected chi connectivity index (χ4v) is 4.11. The van der Waals surface area contributed by atoms with Gasteiger partial charge in [-0.05, 0) is 41.5 Å². The molecule has 0 aliphatic heterocycles. The average Bonchev–Trinajstić information content (AvgIpc) is 3.30. The molecule has 5 rings (SSSR count). The first-order valence-electron chi connectivity index (χ1n) is 11.1. The van der Waals surface area contributed by atoms with E-state index >= 15 is 0 Å². The summed E-state index contributed by atoms with van der Waals surface area (Å²) in [5.41, 5.74) is 1.45. The number of ether oxygens (including phenoxy) is 1. The zero-order chi connectivity index (χ0) is 25.2. The van der Waals surface area contributed by atoms with Crippen LogP contribution in [-0.4, -0.2) is 31.8 Å². The Balaban J connectivity index is 1.68. The summed E-state index contributed by atoms with van der Waals surface area (Å²) in [5.74, 6) is -0.962. The molecule has 2 heterocycles. The summed E-state index contributed by atoms with van der Waals surface area (Å²) in [6.45, 7) is 0.308. The predicted molar refractivity (Wildman–Crippen MR) is 132 cm³/mol. The van der Waals surface area contributed by atoms with Gasteiger partial charge in [-0.15, -0.1) is 0 Å². The van der Waals surface area contributed by atoms with Gasteiger partial charge in [0.05, 0.1) is 31.2 Å². The molecule has 0 aliphatic rings. The minimum atomic E-state index is -0.616. The van der Waals surface area contributed by atoms with Crippen LogP contribution in [0, 0.1) is 5.82 Å². The van der Waals surface area contributed by atoms with Gasteiger partial charge in [-0.1, -0.05) is 48.5 Å². The molecule has 9 heteroatoms. The molecular formula is C27H21FN4O4. The summed E-state index contributed by atoms with van der Waals surface area (Å²) in [4.78, 5) is 43.2. The van der Waals surface area contributed by atoms with Gasteiger partial charge in [0.15, 0.2) is 11.2 Å². The van der Waals surface area contributed by atoms with Crippen LogP contribution in [0.4, 0.5) is 4.39 Å². The third-order valence-electron chi connectivity index (χ3n) is 5.88. The highest BCUT2D eigenvalue weighted by Crippen LogP contribution is 2.16. The Kier molecular flexibility index (Phi) is 6.03. The number of methoxy groups -OCH3 is 1. The molecule has 0 saturated carbocycles. The van der Waals surface area contributed by atoms with Crippen molar-refractivity contribution in [3.63, 3.8) is 0 Å². The predicted octanol–water partition coefficient (Wildman–Crippen LogP) is 3.37. The van der Waals surface area contributed by atoms with Crippen molar-refractivity contribution in [2.45, 2.75) is 13.1 Å². The number of carbonyl (C=O) groups excluding carboxylic acids is 1. The molecule has 0 aliphatic carbocycles. The van der Waals surface area contributed by atoms with Gasteiger partial charge >= 0.3 is 11.7 Å². The fourth-order valence-electron chi connectivity index (χ4n) is 4.11. The summed E-state index contributed by atoms with van der Waals surface area (Å²) in [6.07, 6.45) is 1.47. The number of benzene rings is 3. The van der Waals surface area contributed by atoms with Crippen LogP contribution in [0.25, 0.3) is 16.9 Å². The third kappa shape index (κ3) is 4.22. The molecule has 36 heavy (non-hydrogen) atoms. The number of halogens is 1. The van der Waals surface area contributed by atoms with Crippen molar-refractivity contribution in [2.75, 3.05) is 7.11 Å². The zero-order valence-corrected chi connectivity index (χ0v) is 19.3. The minimum absolute atomic E-state index is 0.0444. The number of hydrogen-bond donors (Lipinski definition) is 0. The van der Waals surface area contributed by atoms with Gasteiger partial charge < -0.3 is 9.30 Å². The zero-order valence-electron chi connectivity index (χ0n) is 19.3. The van der Waals surface area contributed by atoms with Crippen LogP contribution in [0.5, 0.6) is 0 Å². The molecule has 0 fully saturated rings. The molecule has 0 unspecified atom stereocenters. The van der Waals surface area contributed by atoms with Gasteiger partial charge in [0.2, 0.25) is 0 Å². The Morgan fingerprint density at radius 3 is 2.33 bits per heavy atom. The molecule has 0 bridgehead atoms. The van der Waals surface area contributed by atoms with E-state index in [-0.39, 0.29) is 29.9 Å². The van der Waals surface area contributed by atoms with E-state index in [9.17, 15) is 18.8 Å². The maximum Gasteiger partial charge on any atom is 0.337 e. The number of rotatable bonds is 6. The second-order valence-electron chi connectivity index (χ2n) is 8.21. The van der Waals surface area contributed by atoms with Crippen molar-refractivity contribution in [1.29, 1.82) is 0 Å². The molecular weight excluding hydrogens is 463 g/mol. The second kappa shape index (κ2) is 9.46. The van der Waals surface area contributed by atoms with Crippen LogP contribution in [0.3, 0.4) is 0 Å². The molecule has 0 saturated heterocycles. The maximum absolute atomic E-state index is 14.1.